The van der Waals surface area contributed by atoms with Crippen LogP contribution >= 0.6 is 31.9 Å². The molecule has 0 saturated carbocycles. The first kappa shape index (κ1) is 17.0. The minimum absolute atomic E-state index is 0.558. The van der Waals surface area contributed by atoms with Crippen molar-refractivity contribution in [2.24, 2.45) is 0 Å². The molecule has 0 aliphatic rings. The molecule has 0 atom stereocenters. The van der Waals surface area contributed by atoms with E-state index in [2.05, 4.69) is 68.8 Å². The van der Waals surface area contributed by atoms with Crippen LogP contribution in [-0.2, 0) is 10.1 Å². The number of anilines is 1. The Balaban J connectivity index is 3.10. The summed E-state index contributed by atoms with van der Waals surface area (Å²) in [4.78, 5) is 2.48. The van der Waals surface area contributed by atoms with E-state index in [0.717, 1.165) is 35.8 Å². The molecule has 0 heterocycles. The summed E-state index contributed by atoms with van der Waals surface area (Å²) < 4.78 is 6.40. The molecule has 0 saturated heterocycles. The predicted molar refractivity (Wildman–Crippen MR) is 90.4 cm³/mol. The van der Waals surface area contributed by atoms with Gasteiger partial charge in [0.1, 0.15) is 0 Å². The van der Waals surface area contributed by atoms with Crippen LogP contribution in [0.2, 0.25) is 0 Å². The lowest BCUT2D eigenvalue weighted by Crippen LogP contribution is -2.37. The summed E-state index contributed by atoms with van der Waals surface area (Å²) >= 11 is 7.17. The number of rotatable bonds is 8. The van der Waals surface area contributed by atoms with E-state index in [-0.39, 0.29) is 0 Å². The van der Waals surface area contributed by atoms with Gasteiger partial charge in [-0.1, -0.05) is 51.8 Å². The van der Waals surface area contributed by atoms with Gasteiger partial charge in [-0.15, -0.1) is 0 Å². The molecule has 108 valence electrons. The van der Waals surface area contributed by atoms with Crippen LogP contribution in [0.4, 0.5) is 5.69 Å². The van der Waals surface area contributed by atoms with E-state index in [4.69, 9.17) is 4.74 Å². The van der Waals surface area contributed by atoms with Crippen molar-refractivity contribution in [1.29, 1.82) is 0 Å². The first-order valence-electron chi connectivity index (χ1n) is 6.77. The molecule has 4 heteroatoms. The summed E-state index contributed by atoms with van der Waals surface area (Å²) in [6, 6.07) is 7.05. The Morgan fingerprint density at radius 2 is 1.95 bits per heavy atom. The van der Waals surface area contributed by atoms with E-state index in [1.165, 1.54) is 11.3 Å². The third-order valence-corrected chi connectivity index (χ3v) is 4.52. The smallest absolute Gasteiger partial charge is 0.0637 e. The maximum atomic E-state index is 5.27. The Hall–Kier alpha value is -0.0600. The molecule has 0 radical (unpaired) electrons. The number of halogens is 2. The Labute approximate surface area is 133 Å². The van der Waals surface area contributed by atoms with Gasteiger partial charge in [0, 0.05) is 35.2 Å². The van der Waals surface area contributed by atoms with Crippen LogP contribution in [0.5, 0.6) is 0 Å². The van der Waals surface area contributed by atoms with Gasteiger partial charge in [-0.3, -0.25) is 0 Å². The molecule has 0 aromatic heterocycles. The first-order chi connectivity index (χ1) is 9.17. The van der Waals surface area contributed by atoms with Crippen molar-refractivity contribution in [3.8, 4) is 0 Å². The monoisotopic (exact) mass is 391 g/mol. The fraction of sp³-hybridized carbons (Fsp3) is 0.600. The van der Waals surface area contributed by atoms with Gasteiger partial charge in [0.2, 0.25) is 0 Å². The second-order valence-electron chi connectivity index (χ2n) is 4.56. The Morgan fingerprint density at radius 3 is 2.47 bits per heavy atom. The summed E-state index contributed by atoms with van der Waals surface area (Å²) in [5, 5.41) is 0.874. The molecular weight excluding hydrogens is 370 g/mol. The van der Waals surface area contributed by atoms with Crippen molar-refractivity contribution < 1.29 is 4.74 Å². The SMILES string of the molecule is CCC(CC)N(CCOC)c1cc(Br)ccc1CBr. The molecule has 0 bridgehead atoms. The number of benzene rings is 1. The largest absolute Gasteiger partial charge is 0.383 e. The van der Waals surface area contributed by atoms with Crippen LogP contribution < -0.4 is 4.90 Å². The van der Waals surface area contributed by atoms with Gasteiger partial charge in [-0.2, -0.15) is 0 Å². The lowest BCUT2D eigenvalue weighted by atomic mass is 10.1. The highest BCUT2D eigenvalue weighted by molar-refractivity contribution is 9.10. The Morgan fingerprint density at radius 1 is 1.26 bits per heavy atom. The van der Waals surface area contributed by atoms with Crippen LogP contribution in [0.1, 0.15) is 32.3 Å². The highest BCUT2D eigenvalue weighted by Crippen LogP contribution is 2.29. The second-order valence-corrected chi connectivity index (χ2v) is 6.04. The van der Waals surface area contributed by atoms with E-state index in [1.54, 1.807) is 7.11 Å². The van der Waals surface area contributed by atoms with Crippen LogP contribution in [0.15, 0.2) is 22.7 Å². The van der Waals surface area contributed by atoms with Crippen LogP contribution in [-0.4, -0.2) is 26.3 Å². The van der Waals surface area contributed by atoms with Gasteiger partial charge in [-0.05, 0) is 30.5 Å². The van der Waals surface area contributed by atoms with Crippen LogP contribution in [0.3, 0.4) is 0 Å². The number of hydrogen-bond donors (Lipinski definition) is 0. The summed E-state index contributed by atoms with van der Waals surface area (Å²) in [6.07, 6.45) is 2.29. The number of alkyl halides is 1. The minimum atomic E-state index is 0.558. The predicted octanol–water partition coefficient (Wildman–Crippen LogP) is 4.99. The van der Waals surface area contributed by atoms with E-state index in [9.17, 15) is 0 Å². The zero-order valence-electron chi connectivity index (χ0n) is 12.0. The highest BCUT2D eigenvalue weighted by atomic mass is 79.9. The van der Waals surface area contributed by atoms with E-state index in [1.807, 2.05) is 0 Å². The zero-order valence-corrected chi connectivity index (χ0v) is 15.1. The van der Waals surface area contributed by atoms with Crippen molar-refractivity contribution in [3.63, 3.8) is 0 Å². The normalized spacial score (nSPS) is 11.1. The van der Waals surface area contributed by atoms with Crippen molar-refractivity contribution >= 4 is 37.5 Å². The molecule has 1 aromatic rings. The molecule has 0 aliphatic carbocycles. The number of hydrogen-bond acceptors (Lipinski definition) is 2. The second kappa shape index (κ2) is 8.98. The van der Waals surface area contributed by atoms with Gasteiger partial charge in [-0.25, -0.2) is 0 Å². The molecule has 1 rings (SSSR count). The van der Waals surface area contributed by atoms with Gasteiger partial charge < -0.3 is 9.64 Å². The lowest BCUT2D eigenvalue weighted by molar-refractivity contribution is 0.202. The third-order valence-electron chi connectivity index (χ3n) is 3.42. The molecule has 0 spiro atoms. The van der Waals surface area contributed by atoms with E-state index >= 15 is 0 Å². The van der Waals surface area contributed by atoms with E-state index < -0.39 is 0 Å². The molecule has 0 fully saturated rings. The minimum Gasteiger partial charge on any atom is -0.383 e. The van der Waals surface area contributed by atoms with Crippen molar-refractivity contribution in [2.45, 2.75) is 38.1 Å². The molecule has 0 N–H and O–H groups in total. The highest BCUT2D eigenvalue weighted by Gasteiger charge is 2.18. The fourth-order valence-corrected chi connectivity index (χ4v) is 3.16. The maximum Gasteiger partial charge on any atom is 0.0637 e. The van der Waals surface area contributed by atoms with Crippen molar-refractivity contribution in [2.75, 3.05) is 25.2 Å². The Bertz CT molecular complexity index is 380. The average molecular weight is 393 g/mol. The standard InChI is InChI=1S/C15H23Br2NO/c1-4-14(5-2)18(8-9-19-3)15-10-13(17)7-6-12(15)11-16/h6-7,10,14H,4-5,8-9,11H2,1-3H3. The van der Waals surface area contributed by atoms with Gasteiger partial charge in [0.15, 0.2) is 0 Å². The van der Waals surface area contributed by atoms with Crippen molar-refractivity contribution in [1.82, 2.24) is 0 Å². The topological polar surface area (TPSA) is 12.5 Å². The quantitative estimate of drug-likeness (QED) is 0.578. The average Bonchev–Trinajstić information content (AvgIpc) is 2.43. The van der Waals surface area contributed by atoms with Crippen LogP contribution in [0, 0.1) is 0 Å². The van der Waals surface area contributed by atoms with E-state index in [0.29, 0.717) is 6.04 Å². The molecule has 0 aliphatic heterocycles. The molecule has 0 amide bonds. The van der Waals surface area contributed by atoms with Gasteiger partial charge in [0.05, 0.1) is 6.61 Å². The van der Waals surface area contributed by atoms with Crippen LogP contribution in [0.25, 0.3) is 0 Å². The molecular formula is C15H23Br2NO. The van der Waals surface area contributed by atoms with Crippen molar-refractivity contribution in [3.05, 3.63) is 28.2 Å². The molecule has 0 unspecified atom stereocenters. The van der Waals surface area contributed by atoms with Gasteiger partial charge >= 0.3 is 0 Å². The fourth-order valence-electron chi connectivity index (χ4n) is 2.34. The maximum absolute atomic E-state index is 5.27. The zero-order chi connectivity index (χ0) is 14.3. The first-order valence-corrected chi connectivity index (χ1v) is 8.69. The molecule has 19 heavy (non-hydrogen) atoms. The summed E-state index contributed by atoms with van der Waals surface area (Å²) in [5.74, 6) is 0. The third kappa shape index (κ3) is 4.76. The summed E-state index contributed by atoms with van der Waals surface area (Å²) in [5.41, 5.74) is 2.63. The lowest BCUT2D eigenvalue weighted by Gasteiger charge is -2.34. The van der Waals surface area contributed by atoms with Gasteiger partial charge in [0.25, 0.3) is 0 Å². The molecule has 1 aromatic carbocycles. The number of nitrogens with zero attached hydrogens (tertiary/aromatic N) is 1. The molecule has 2 nitrogen and oxygen atoms in total. The Kier molecular flexibility index (Phi) is 8.03. The number of ether oxygens (including phenoxy) is 1. The summed E-state index contributed by atoms with van der Waals surface area (Å²) in [7, 11) is 1.76. The summed E-state index contributed by atoms with van der Waals surface area (Å²) in [6.45, 7) is 6.18. The number of methoxy groups -OCH3 is 1.